The quantitative estimate of drug-likeness (QED) is 0.595. The number of nitrogens with zero attached hydrogens (tertiary/aromatic N) is 2. The van der Waals surface area contributed by atoms with Crippen molar-refractivity contribution >= 4 is 27.6 Å². The molecule has 0 aliphatic heterocycles. The van der Waals surface area contributed by atoms with Gasteiger partial charge < -0.3 is 10.7 Å². The van der Waals surface area contributed by atoms with E-state index in [4.69, 9.17) is 5.84 Å². The van der Waals surface area contributed by atoms with Crippen LogP contribution in [0.5, 0.6) is 0 Å². The summed E-state index contributed by atoms with van der Waals surface area (Å²) in [6, 6.07) is 6.36. The summed E-state index contributed by atoms with van der Waals surface area (Å²) in [5, 5.41) is 3.11. The lowest BCUT2D eigenvalue weighted by molar-refractivity contribution is 0.600. The molecule has 0 aliphatic rings. The summed E-state index contributed by atoms with van der Waals surface area (Å²) >= 11 is 3.34. The zero-order valence-electron chi connectivity index (χ0n) is 10.2. The third kappa shape index (κ3) is 2.99. The molecule has 0 fully saturated rings. The van der Waals surface area contributed by atoms with Gasteiger partial charge in [-0.2, -0.15) is 0 Å². The second kappa shape index (κ2) is 5.94. The molecule has 0 radical (unpaired) electrons. The van der Waals surface area contributed by atoms with E-state index >= 15 is 0 Å². The van der Waals surface area contributed by atoms with Gasteiger partial charge in [-0.25, -0.2) is 20.2 Å². The lowest BCUT2D eigenvalue weighted by atomic mass is 10.1. The molecule has 1 atom stereocenters. The molecule has 2 rings (SSSR count). The third-order valence-corrected chi connectivity index (χ3v) is 3.40. The van der Waals surface area contributed by atoms with Gasteiger partial charge in [-0.05, 0) is 28.9 Å². The van der Waals surface area contributed by atoms with Crippen LogP contribution in [0.3, 0.4) is 0 Å². The van der Waals surface area contributed by atoms with Crippen LogP contribution in [0, 0.1) is 5.82 Å². The Morgan fingerprint density at radius 3 is 2.63 bits per heavy atom. The van der Waals surface area contributed by atoms with E-state index in [-0.39, 0.29) is 11.9 Å². The highest BCUT2D eigenvalue weighted by Gasteiger charge is 2.14. The first-order valence-electron chi connectivity index (χ1n) is 5.61. The predicted octanol–water partition coefficient (Wildman–Crippen LogP) is 2.84. The fraction of sp³-hybridized carbons (Fsp3) is 0.167. The molecule has 5 nitrogen and oxygen atoms in total. The molecular weight excluding hydrogens is 313 g/mol. The van der Waals surface area contributed by atoms with Gasteiger partial charge in [0.15, 0.2) is 5.82 Å². The molecule has 0 aliphatic carbocycles. The molecule has 0 saturated heterocycles. The van der Waals surface area contributed by atoms with Crippen LogP contribution in [0.2, 0.25) is 0 Å². The minimum atomic E-state index is -0.259. The summed E-state index contributed by atoms with van der Waals surface area (Å²) in [6.45, 7) is 1.85. The van der Waals surface area contributed by atoms with E-state index in [1.54, 1.807) is 18.2 Å². The second-order valence-electron chi connectivity index (χ2n) is 3.92. The summed E-state index contributed by atoms with van der Waals surface area (Å²) in [5.74, 6) is 6.07. The highest BCUT2D eigenvalue weighted by Crippen LogP contribution is 2.29. The smallest absolute Gasteiger partial charge is 0.159 e. The van der Waals surface area contributed by atoms with Crippen molar-refractivity contribution in [2.24, 2.45) is 5.84 Å². The van der Waals surface area contributed by atoms with Gasteiger partial charge in [-0.3, -0.25) is 0 Å². The normalized spacial score (nSPS) is 12.0. The largest absolute Gasteiger partial charge is 0.362 e. The highest BCUT2D eigenvalue weighted by molar-refractivity contribution is 9.10. The van der Waals surface area contributed by atoms with Crippen molar-refractivity contribution < 1.29 is 4.39 Å². The molecule has 0 amide bonds. The van der Waals surface area contributed by atoms with Crippen molar-refractivity contribution in [3.05, 3.63) is 46.4 Å². The molecule has 7 heteroatoms. The summed E-state index contributed by atoms with van der Waals surface area (Å²) in [7, 11) is 0. The van der Waals surface area contributed by atoms with Crippen LogP contribution in [-0.2, 0) is 0 Å². The van der Waals surface area contributed by atoms with Gasteiger partial charge in [0.25, 0.3) is 0 Å². The SMILES string of the molecule is CC(Nc1ncnc(NN)c1Br)c1ccccc1F. The lowest BCUT2D eigenvalue weighted by Crippen LogP contribution is -2.13. The van der Waals surface area contributed by atoms with E-state index in [0.29, 0.717) is 21.7 Å². The molecule has 2 aromatic rings. The number of hydrogen-bond acceptors (Lipinski definition) is 5. The molecule has 1 heterocycles. The van der Waals surface area contributed by atoms with E-state index in [1.807, 2.05) is 6.92 Å². The van der Waals surface area contributed by atoms with Gasteiger partial charge in [-0.15, -0.1) is 0 Å². The molecule has 19 heavy (non-hydrogen) atoms. The van der Waals surface area contributed by atoms with Crippen molar-refractivity contribution in [1.82, 2.24) is 9.97 Å². The Morgan fingerprint density at radius 1 is 1.26 bits per heavy atom. The zero-order valence-corrected chi connectivity index (χ0v) is 11.8. The first-order valence-corrected chi connectivity index (χ1v) is 6.41. The van der Waals surface area contributed by atoms with Crippen molar-refractivity contribution in [3.63, 3.8) is 0 Å². The summed E-state index contributed by atoms with van der Waals surface area (Å²) < 4.78 is 14.3. The average Bonchev–Trinajstić information content (AvgIpc) is 2.41. The Balaban J connectivity index is 2.24. The number of halogens is 2. The van der Waals surface area contributed by atoms with Crippen LogP contribution in [0.1, 0.15) is 18.5 Å². The number of anilines is 2. The standard InChI is InChI=1S/C12H13BrFN5/c1-7(8-4-2-3-5-9(8)14)18-11-10(13)12(19-15)17-6-16-11/h2-7H,15H2,1H3,(H2,16,17,18,19). The van der Waals surface area contributed by atoms with Crippen LogP contribution in [0.15, 0.2) is 35.1 Å². The Bertz CT molecular complexity index is 578. The number of nitrogens with one attached hydrogen (secondary N) is 2. The van der Waals surface area contributed by atoms with Gasteiger partial charge in [0.05, 0.1) is 6.04 Å². The van der Waals surface area contributed by atoms with Gasteiger partial charge >= 0.3 is 0 Å². The second-order valence-corrected chi connectivity index (χ2v) is 4.71. The van der Waals surface area contributed by atoms with Gasteiger partial charge in [0, 0.05) is 5.56 Å². The highest BCUT2D eigenvalue weighted by atomic mass is 79.9. The van der Waals surface area contributed by atoms with Gasteiger partial charge in [0.1, 0.15) is 22.4 Å². The molecule has 100 valence electrons. The van der Waals surface area contributed by atoms with E-state index in [9.17, 15) is 4.39 Å². The minimum absolute atomic E-state index is 0.238. The number of nitrogens with two attached hydrogens (primary N) is 1. The van der Waals surface area contributed by atoms with Crippen molar-refractivity contribution in [3.8, 4) is 0 Å². The number of rotatable bonds is 4. The Labute approximate surface area is 118 Å². The molecule has 1 unspecified atom stereocenters. The lowest BCUT2D eigenvalue weighted by Gasteiger charge is -2.17. The fourth-order valence-corrected chi connectivity index (χ4v) is 2.11. The molecule has 0 saturated carbocycles. The van der Waals surface area contributed by atoms with Crippen molar-refractivity contribution in [1.29, 1.82) is 0 Å². The topological polar surface area (TPSA) is 75.9 Å². The number of hydrogen-bond donors (Lipinski definition) is 3. The Hall–Kier alpha value is -1.73. The molecule has 1 aromatic carbocycles. The summed E-state index contributed by atoms with van der Waals surface area (Å²) in [5.41, 5.74) is 3.01. The van der Waals surface area contributed by atoms with E-state index in [0.717, 1.165) is 0 Å². The summed E-state index contributed by atoms with van der Waals surface area (Å²) in [4.78, 5) is 8.04. The maximum absolute atomic E-state index is 13.7. The van der Waals surface area contributed by atoms with Crippen LogP contribution in [-0.4, -0.2) is 9.97 Å². The van der Waals surface area contributed by atoms with Gasteiger partial charge in [0.2, 0.25) is 0 Å². The monoisotopic (exact) mass is 325 g/mol. The van der Waals surface area contributed by atoms with Crippen molar-refractivity contribution in [2.45, 2.75) is 13.0 Å². The van der Waals surface area contributed by atoms with E-state index in [2.05, 4.69) is 36.6 Å². The summed E-state index contributed by atoms with van der Waals surface area (Å²) in [6.07, 6.45) is 1.37. The maximum atomic E-state index is 13.7. The van der Waals surface area contributed by atoms with Crippen LogP contribution < -0.4 is 16.6 Å². The first kappa shape index (κ1) is 13.7. The number of nitrogen functional groups attached to an aromatic ring is 1. The van der Waals surface area contributed by atoms with E-state index < -0.39 is 0 Å². The van der Waals surface area contributed by atoms with Crippen LogP contribution in [0.4, 0.5) is 16.0 Å². The van der Waals surface area contributed by atoms with Crippen LogP contribution >= 0.6 is 15.9 Å². The Morgan fingerprint density at radius 2 is 1.95 bits per heavy atom. The van der Waals surface area contributed by atoms with E-state index in [1.165, 1.54) is 12.4 Å². The molecule has 0 bridgehead atoms. The zero-order chi connectivity index (χ0) is 13.8. The van der Waals surface area contributed by atoms with Crippen LogP contribution in [0.25, 0.3) is 0 Å². The van der Waals surface area contributed by atoms with Crippen molar-refractivity contribution in [2.75, 3.05) is 10.7 Å². The number of benzene rings is 1. The molecule has 0 spiro atoms. The maximum Gasteiger partial charge on any atom is 0.159 e. The average molecular weight is 326 g/mol. The van der Waals surface area contributed by atoms with Gasteiger partial charge in [-0.1, -0.05) is 18.2 Å². The fourth-order valence-electron chi connectivity index (χ4n) is 1.68. The molecule has 4 N–H and O–H groups in total. The Kier molecular flexibility index (Phi) is 4.28. The third-order valence-electron chi connectivity index (χ3n) is 2.65. The first-order chi connectivity index (χ1) is 9.13. The molecular formula is C12H13BrFN5. The number of aromatic nitrogens is 2. The minimum Gasteiger partial charge on any atom is -0.362 e. The molecule has 1 aromatic heterocycles. The predicted molar refractivity (Wildman–Crippen MR) is 76.0 cm³/mol. The number of hydrazine groups is 1.